The number of rotatable bonds is 4. The Morgan fingerprint density at radius 3 is 2.73 bits per heavy atom. The Morgan fingerprint density at radius 1 is 1.36 bits per heavy atom. The van der Waals surface area contributed by atoms with Crippen LogP contribution in [0.5, 0.6) is 5.75 Å². The molecule has 7 nitrogen and oxygen atoms in total. The molecule has 2 N–H and O–H groups in total. The van der Waals surface area contributed by atoms with Gasteiger partial charge in [-0.2, -0.15) is 0 Å². The molecule has 0 atom stereocenters. The van der Waals surface area contributed by atoms with Crippen molar-refractivity contribution in [2.45, 2.75) is 6.92 Å². The van der Waals surface area contributed by atoms with Crippen LogP contribution in [0.3, 0.4) is 0 Å². The van der Waals surface area contributed by atoms with Gasteiger partial charge in [0.25, 0.3) is 5.56 Å². The molecule has 0 saturated carbocycles. The van der Waals surface area contributed by atoms with Crippen LogP contribution in [-0.2, 0) is 0 Å². The number of fused-ring (bicyclic) bond motifs is 1. The number of nitrogens with zero attached hydrogens (tertiary/aromatic N) is 2. The van der Waals surface area contributed by atoms with Crippen LogP contribution in [0.25, 0.3) is 16.9 Å². The summed E-state index contributed by atoms with van der Waals surface area (Å²) in [5.41, 5.74) is 0.783. The summed E-state index contributed by atoms with van der Waals surface area (Å²) in [5, 5.41) is 11.7. The minimum Gasteiger partial charge on any atom is -0.494 e. The molecule has 7 heteroatoms. The van der Waals surface area contributed by atoms with Gasteiger partial charge in [-0.15, -0.1) is 0 Å². The van der Waals surface area contributed by atoms with Crippen molar-refractivity contribution in [2.75, 3.05) is 6.61 Å². The first-order valence-corrected chi connectivity index (χ1v) is 6.68. The molecule has 2 heterocycles. The smallest absolute Gasteiger partial charge is 0.341 e. The van der Waals surface area contributed by atoms with E-state index >= 15 is 0 Å². The number of hydrogen-bond acceptors (Lipinski definition) is 4. The van der Waals surface area contributed by atoms with Gasteiger partial charge in [0.1, 0.15) is 11.3 Å². The van der Waals surface area contributed by atoms with Crippen molar-refractivity contribution < 1.29 is 14.6 Å². The van der Waals surface area contributed by atoms with E-state index in [1.54, 1.807) is 24.3 Å². The third kappa shape index (κ3) is 2.32. The second-order valence-electron chi connectivity index (χ2n) is 4.59. The molecule has 0 amide bonds. The zero-order valence-electron chi connectivity index (χ0n) is 11.7. The summed E-state index contributed by atoms with van der Waals surface area (Å²) >= 11 is 0. The van der Waals surface area contributed by atoms with Gasteiger partial charge < -0.3 is 9.84 Å². The maximum Gasteiger partial charge on any atom is 0.341 e. The van der Waals surface area contributed by atoms with E-state index in [0.29, 0.717) is 17.9 Å². The van der Waals surface area contributed by atoms with Gasteiger partial charge in [-0.3, -0.25) is 9.89 Å². The topological polar surface area (TPSA) is 96.7 Å². The zero-order valence-corrected chi connectivity index (χ0v) is 11.7. The van der Waals surface area contributed by atoms with E-state index in [2.05, 4.69) is 10.1 Å². The number of benzene rings is 1. The second-order valence-corrected chi connectivity index (χ2v) is 4.59. The van der Waals surface area contributed by atoms with Crippen molar-refractivity contribution in [1.82, 2.24) is 14.6 Å². The van der Waals surface area contributed by atoms with E-state index in [1.165, 1.54) is 12.3 Å². The fraction of sp³-hybridized carbons (Fsp3) is 0.133. The van der Waals surface area contributed by atoms with Crippen molar-refractivity contribution in [1.29, 1.82) is 0 Å². The molecule has 1 aromatic carbocycles. The summed E-state index contributed by atoms with van der Waals surface area (Å²) < 4.78 is 6.46. The number of carboxylic acids is 1. The average Bonchev–Trinajstić information content (AvgIpc) is 2.93. The largest absolute Gasteiger partial charge is 0.494 e. The number of H-pyrrole nitrogens is 1. The lowest BCUT2D eigenvalue weighted by Gasteiger charge is -2.05. The molecule has 0 radical (unpaired) electrons. The summed E-state index contributed by atoms with van der Waals surface area (Å²) in [6.45, 7) is 2.46. The molecule has 0 saturated heterocycles. The lowest BCUT2D eigenvalue weighted by molar-refractivity contribution is 0.0699. The standard InChI is InChI=1S/C15H13N3O4/c1-2-22-10-5-3-9(4-6-10)12-7-13(19)18-14(17-12)11(8-16-18)15(20)21/h3-8,16H,2H2,1H3,(H,20,21). The monoisotopic (exact) mass is 299 g/mol. The number of carbonyl (C=O) groups is 1. The highest BCUT2D eigenvalue weighted by molar-refractivity contribution is 5.94. The van der Waals surface area contributed by atoms with Gasteiger partial charge in [-0.1, -0.05) is 0 Å². The molecule has 3 rings (SSSR count). The van der Waals surface area contributed by atoms with Gasteiger partial charge >= 0.3 is 5.97 Å². The van der Waals surface area contributed by atoms with Crippen molar-refractivity contribution in [2.24, 2.45) is 0 Å². The van der Waals surface area contributed by atoms with Crippen molar-refractivity contribution in [3.63, 3.8) is 0 Å². The molecule has 2 aromatic heterocycles. The van der Waals surface area contributed by atoms with Gasteiger partial charge in [0, 0.05) is 17.8 Å². The van der Waals surface area contributed by atoms with Crippen molar-refractivity contribution in [3.05, 3.63) is 52.4 Å². The maximum atomic E-state index is 12.1. The molecule has 0 bridgehead atoms. The van der Waals surface area contributed by atoms with Crippen LogP contribution in [0, 0.1) is 0 Å². The lowest BCUT2D eigenvalue weighted by atomic mass is 10.1. The number of aromatic carboxylic acids is 1. The maximum absolute atomic E-state index is 12.1. The fourth-order valence-electron chi connectivity index (χ4n) is 2.18. The van der Waals surface area contributed by atoms with Crippen LogP contribution in [0.4, 0.5) is 0 Å². The number of aromatic amines is 1. The summed E-state index contributed by atoms with van der Waals surface area (Å²) in [6.07, 6.45) is 1.24. The summed E-state index contributed by atoms with van der Waals surface area (Å²) in [5.74, 6) is -0.425. The third-order valence-electron chi connectivity index (χ3n) is 3.19. The molecule has 3 aromatic rings. The Labute approximate surface area is 124 Å². The van der Waals surface area contributed by atoms with E-state index < -0.39 is 5.97 Å². The lowest BCUT2D eigenvalue weighted by Crippen LogP contribution is -2.15. The van der Waals surface area contributed by atoms with Crippen LogP contribution >= 0.6 is 0 Å². The number of ether oxygens (including phenoxy) is 1. The van der Waals surface area contributed by atoms with Crippen LogP contribution < -0.4 is 10.3 Å². The summed E-state index contributed by atoms with van der Waals surface area (Å²) in [6, 6.07) is 8.45. The Hall–Kier alpha value is -3.09. The van der Waals surface area contributed by atoms with Gasteiger partial charge in [0.15, 0.2) is 5.65 Å². The van der Waals surface area contributed by atoms with Crippen LogP contribution in [-0.4, -0.2) is 32.3 Å². The van der Waals surface area contributed by atoms with Crippen LogP contribution in [0.15, 0.2) is 41.3 Å². The molecule has 0 aliphatic carbocycles. The molecule has 22 heavy (non-hydrogen) atoms. The molecule has 0 aliphatic heterocycles. The Balaban J connectivity index is 2.12. The van der Waals surface area contributed by atoms with Gasteiger partial charge in [0.05, 0.1) is 12.3 Å². The predicted octanol–water partition coefficient (Wildman–Crippen LogP) is 1.79. The van der Waals surface area contributed by atoms with Crippen LogP contribution in [0.1, 0.15) is 17.3 Å². The second kappa shape index (κ2) is 5.36. The molecule has 0 unspecified atom stereocenters. The first-order valence-electron chi connectivity index (χ1n) is 6.68. The number of carboxylic acid groups (broad SMARTS) is 1. The molecule has 0 fully saturated rings. The SMILES string of the molecule is CCOc1ccc(-c2cc(=O)n3[nH]cc(C(=O)O)c3n2)cc1. The molecular weight excluding hydrogens is 286 g/mol. The Morgan fingerprint density at radius 2 is 2.09 bits per heavy atom. The highest BCUT2D eigenvalue weighted by Crippen LogP contribution is 2.21. The summed E-state index contributed by atoms with van der Waals surface area (Å²) in [4.78, 5) is 27.5. The predicted molar refractivity (Wildman–Crippen MR) is 79.4 cm³/mol. The minimum absolute atomic E-state index is 0.0510. The van der Waals surface area contributed by atoms with Crippen molar-refractivity contribution in [3.8, 4) is 17.0 Å². The van der Waals surface area contributed by atoms with Gasteiger partial charge in [-0.25, -0.2) is 14.3 Å². The fourth-order valence-corrected chi connectivity index (χ4v) is 2.18. The Kier molecular flexibility index (Phi) is 3.38. The number of aromatic nitrogens is 3. The van der Waals surface area contributed by atoms with Gasteiger partial charge in [0.2, 0.25) is 0 Å². The quantitative estimate of drug-likeness (QED) is 0.765. The van der Waals surface area contributed by atoms with E-state index in [1.807, 2.05) is 6.92 Å². The molecule has 0 aliphatic rings. The van der Waals surface area contributed by atoms with Crippen molar-refractivity contribution >= 4 is 11.6 Å². The van der Waals surface area contributed by atoms with Crippen LogP contribution in [0.2, 0.25) is 0 Å². The zero-order chi connectivity index (χ0) is 15.7. The number of nitrogens with one attached hydrogen (secondary N) is 1. The van der Waals surface area contributed by atoms with E-state index in [4.69, 9.17) is 9.84 Å². The highest BCUT2D eigenvalue weighted by atomic mass is 16.5. The minimum atomic E-state index is -1.14. The van der Waals surface area contributed by atoms with Gasteiger partial charge in [-0.05, 0) is 31.2 Å². The summed E-state index contributed by atoms with van der Waals surface area (Å²) in [7, 11) is 0. The highest BCUT2D eigenvalue weighted by Gasteiger charge is 2.15. The number of hydrogen-bond donors (Lipinski definition) is 2. The van der Waals surface area contributed by atoms with E-state index in [0.717, 1.165) is 10.3 Å². The average molecular weight is 299 g/mol. The molecule has 0 spiro atoms. The molecule has 112 valence electrons. The first-order chi connectivity index (χ1) is 10.6. The van der Waals surface area contributed by atoms with E-state index in [9.17, 15) is 9.59 Å². The third-order valence-corrected chi connectivity index (χ3v) is 3.19. The normalized spacial score (nSPS) is 10.8. The first kappa shape index (κ1) is 13.9. The van der Waals surface area contributed by atoms with E-state index in [-0.39, 0.29) is 16.8 Å². The molecular formula is C15H13N3O4. The Bertz CT molecular complexity index is 893.